The smallest absolute Gasteiger partial charge is 0.233 e. The Balaban J connectivity index is 1.74. The molecular formula is C14H19FN2O2S. The van der Waals surface area contributed by atoms with Crippen LogP contribution in [0.3, 0.4) is 0 Å². The molecule has 20 heavy (non-hydrogen) atoms. The number of thioether (sulfide) groups is 1. The number of benzene rings is 1. The number of aliphatic hydroxyl groups excluding tert-OH is 1. The highest BCUT2D eigenvalue weighted by atomic mass is 32.2. The first kappa shape index (κ1) is 15.3. The normalized spacial score (nSPS) is 16.4. The SMILES string of the molecule is O=C(CSc1ccc(F)cc1)N1CCN(CCO)CC1. The molecule has 0 unspecified atom stereocenters. The van der Waals surface area contributed by atoms with Crippen molar-refractivity contribution in [3.8, 4) is 0 Å². The molecule has 2 rings (SSSR count). The summed E-state index contributed by atoms with van der Waals surface area (Å²) < 4.78 is 12.8. The summed E-state index contributed by atoms with van der Waals surface area (Å²) in [5.74, 6) is 0.231. The second-order valence-corrected chi connectivity index (χ2v) is 5.74. The van der Waals surface area contributed by atoms with E-state index < -0.39 is 0 Å². The molecule has 4 nitrogen and oxygen atoms in total. The van der Waals surface area contributed by atoms with E-state index in [1.54, 1.807) is 12.1 Å². The average Bonchev–Trinajstić information content (AvgIpc) is 2.47. The van der Waals surface area contributed by atoms with Crippen molar-refractivity contribution >= 4 is 17.7 Å². The second kappa shape index (κ2) is 7.61. The number of aliphatic hydroxyl groups is 1. The molecule has 1 aliphatic rings. The molecule has 1 N–H and O–H groups in total. The van der Waals surface area contributed by atoms with Gasteiger partial charge in [-0.05, 0) is 24.3 Å². The van der Waals surface area contributed by atoms with Crippen LogP contribution in [0.5, 0.6) is 0 Å². The highest BCUT2D eigenvalue weighted by Crippen LogP contribution is 2.18. The molecule has 0 aliphatic carbocycles. The lowest BCUT2D eigenvalue weighted by Crippen LogP contribution is -2.49. The maximum Gasteiger partial charge on any atom is 0.233 e. The van der Waals surface area contributed by atoms with Crippen molar-refractivity contribution in [3.05, 3.63) is 30.1 Å². The number of rotatable bonds is 5. The molecule has 1 aromatic rings. The second-order valence-electron chi connectivity index (χ2n) is 4.69. The third kappa shape index (κ3) is 4.47. The molecule has 1 amide bonds. The Hall–Kier alpha value is -1.11. The minimum Gasteiger partial charge on any atom is -0.395 e. The third-order valence-corrected chi connectivity index (χ3v) is 4.31. The summed E-state index contributed by atoms with van der Waals surface area (Å²) in [4.78, 5) is 17.0. The van der Waals surface area contributed by atoms with E-state index in [1.165, 1.54) is 23.9 Å². The number of carbonyl (C=O) groups excluding carboxylic acids is 1. The van der Waals surface area contributed by atoms with Crippen LogP contribution in [-0.4, -0.2) is 65.9 Å². The van der Waals surface area contributed by atoms with Gasteiger partial charge in [0.2, 0.25) is 5.91 Å². The van der Waals surface area contributed by atoms with Gasteiger partial charge in [-0.2, -0.15) is 0 Å². The number of nitrogens with zero attached hydrogens (tertiary/aromatic N) is 2. The minimum absolute atomic E-state index is 0.114. The summed E-state index contributed by atoms with van der Waals surface area (Å²) in [5, 5.41) is 8.87. The molecule has 0 saturated carbocycles. The van der Waals surface area contributed by atoms with Gasteiger partial charge in [0.1, 0.15) is 5.82 Å². The molecule has 110 valence electrons. The van der Waals surface area contributed by atoms with Crippen molar-refractivity contribution in [2.75, 3.05) is 45.1 Å². The maximum absolute atomic E-state index is 12.8. The highest BCUT2D eigenvalue weighted by Gasteiger charge is 2.20. The van der Waals surface area contributed by atoms with Gasteiger partial charge in [-0.1, -0.05) is 0 Å². The van der Waals surface area contributed by atoms with Gasteiger partial charge >= 0.3 is 0 Å². The summed E-state index contributed by atoms with van der Waals surface area (Å²) in [6.07, 6.45) is 0. The van der Waals surface area contributed by atoms with Gasteiger partial charge in [-0.3, -0.25) is 9.69 Å². The number of halogens is 1. The first-order valence-corrected chi connectivity index (χ1v) is 7.67. The van der Waals surface area contributed by atoms with Crippen molar-refractivity contribution in [2.45, 2.75) is 4.90 Å². The van der Waals surface area contributed by atoms with E-state index >= 15 is 0 Å². The van der Waals surface area contributed by atoms with Crippen LogP contribution in [0.25, 0.3) is 0 Å². The fraction of sp³-hybridized carbons (Fsp3) is 0.500. The molecule has 1 heterocycles. The summed E-state index contributed by atoms with van der Waals surface area (Å²) in [5.41, 5.74) is 0. The standard InChI is InChI=1S/C14H19FN2O2S/c15-12-1-3-13(4-2-12)20-11-14(19)17-7-5-16(6-8-17)9-10-18/h1-4,18H,5-11H2. The van der Waals surface area contributed by atoms with E-state index in [1.807, 2.05) is 4.90 Å². The summed E-state index contributed by atoms with van der Waals surface area (Å²) in [7, 11) is 0. The minimum atomic E-state index is -0.263. The van der Waals surface area contributed by atoms with Gasteiger partial charge < -0.3 is 10.0 Å². The number of carbonyl (C=O) groups is 1. The van der Waals surface area contributed by atoms with E-state index in [2.05, 4.69) is 4.90 Å². The van der Waals surface area contributed by atoms with Gasteiger partial charge in [0.15, 0.2) is 0 Å². The van der Waals surface area contributed by atoms with E-state index in [9.17, 15) is 9.18 Å². The predicted molar refractivity (Wildman–Crippen MR) is 77.2 cm³/mol. The highest BCUT2D eigenvalue weighted by molar-refractivity contribution is 8.00. The molecule has 0 atom stereocenters. The molecule has 0 bridgehead atoms. The topological polar surface area (TPSA) is 43.8 Å². The first-order valence-electron chi connectivity index (χ1n) is 6.68. The Morgan fingerprint density at radius 3 is 2.45 bits per heavy atom. The fourth-order valence-corrected chi connectivity index (χ4v) is 2.93. The van der Waals surface area contributed by atoms with E-state index in [0.717, 1.165) is 18.0 Å². The van der Waals surface area contributed by atoms with Crippen molar-refractivity contribution < 1.29 is 14.3 Å². The van der Waals surface area contributed by atoms with E-state index in [-0.39, 0.29) is 18.3 Å². The van der Waals surface area contributed by atoms with Crippen molar-refractivity contribution in [3.63, 3.8) is 0 Å². The van der Waals surface area contributed by atoms with Crippen LogP contribution in [0.1, 0.15) is 0 Å². The number of β-amino-alcohol motifs (C(OH)–C–C–N with tert-alkyl or cyclic N) is 1. The Labute approximate surface area is 122 Å². The van der Waals surface area contributed by atoms with Gasteiger partial charge in [-0.15, -0.1) is 11.8 Å². The summed E-state index contributed by atoms with van der Waals surface area (Å²) in [6, 6.07) is 6.18. The van der Waals surface area contributed by atoms with Crippen LogP contribution in [0.15, 0.2) is 29.2 Å². The van der Waals surface area contributed by atoms with Crippen LogP contribution in [0, 0.1) is 5.82 Å². The number of amides is 1. The predicted octanol–water partition coefficient (Wildman–Crippen LogP) is 1.05. The Morgan fingerprint density at radius 2 is 1.85 bits per heavy atom. The van der Waals surface area contributed by atoms with Crippen LogP contribution >= 0.6 is 11.8 Å². The lowest BCUT2D eigenvalue weighted by Gasteiger charge is -2.34. The van der Waals surface area contributed by atoms with Crippen molar-refractivity contribution in [1.29, 1.82) is 0 Å². The number of hydrogen-bond donors (Lipinski definition) is 1. The fourth-order valence-electron chi connectivity index (χ4n) is 2.13. The third-order valence-electron chi connectivity index (χ3n) is 3.32. The van der Waals surface area contributed by atoms with Crippen LogP contribution in [0.4, 0.5) is 4.39 Å². The van der Waals surface area contributed by atoms with Crippen LogP contribution in [-0.2, 0) is 4.79 Å². The quantitative estimate of drug-likeness (QED) is 0.826. The van der Waals surface area contributed by atoms with Crippen LogP contribution < -0.4 is 0 Å². The van der Waals surface area contributed by atoms with Crippen LogP contribution in [0.2, 0.25) is 0 Å². The van der Waals surface area contributed by atoms with Crippen molar-refractivity contribution in [2.24, 2.45) is 0 Å². The van der Waals surface area contributed by atoms with Gasteiger partial charge in [0, 0.05) is 37.6 Å². The van der Waals surface area contributed by atoms with Gasteiger partial charge in [-0.25, -0.2) is 4.39 Å². The molecule has 0 spiro atoms. The maximum atomic E-state index is 12.8. The zero-order valence-corrected chi connectivity index (χ0v) is 12.1. The molecule has 1 saturated heterocycles. The Morgan fingerprint density at radius 1 is 1.20 bits per heavy atom. The molecule has 1 fully saturated rings. The number of piperazine rings is 1. The zero-order valence-electron chi connectivity index (χ0n) is 11.3. The van der Waals surface area contributed by atoms with Crippen molar-refractivity contribution in [1.82, 2.24) is 9.80 Å². The monoisotopic (exact) mass is 298 g/mol. The molecular weight excluding hydrogens is 279 g/mol. The summed E-state index contributed by atoms with van der Waals surface area (Å²) >= 11 is 1.43. The van der Waals surface area contributed by atoms with Gasteiger partial charge in [0.05, 0.1) is 12.4 Å². The molecule has 0 radical (unpaired) electrons. The largest absolute Gasteiger partial charge is 0.395 e. The van der Waals surface area contributed by atoms with E-state index in [4.69, 9.17) is 5.11 Å². The molecule has 1 aliphatic heterocycles. The number of hydrogen-bond acceptors (Lipinski definition) is 4. The lowest BCUT2D eigenvalue weighted by molar-refractivity contribution is -0.130. The Bertz CT molecular complexity index is 433. The lowest BCUT2D eigenvalue weighted by atomic mass is 10.3. The molecule has 0 aromatic heterocycles. The molecule has 1 aromatic carbocycles. The zero-order chi connectivity index (χ0) is 14.4. The van der Waals surface area contributed by atoms with Gasteiger partial charge in [0.25, 0.3) is 0 Å². The summed E-state index contributed by atoms with van der Waals surface area (Å²) in [6.45, 7) is 3.88. The van der Waals surface area contributed by atoms with E-state index in [0.29, 0.717) is 25.4 Å². The molecule has 6 heteroatoms. The average molecular weight is 298 g/mol. The first-order chi connectivity index (χ1) is 9.69. The Kier molecular flexibility index (Phi) is 5.82.